The van der Waals surface area contributed by atoms with Crippen molar-refractivity contribution in [2.75, 3.05) is 0 Å². The normalized spacial score (nSPS) is 23.9. The molecule has 1 radical (unpaired) electrons. The molecule has 0 aliphatic carbocycles. The molecule has 1 aliphatic rings. The standard InChI is InChI=1S/C12H21N2O2/c1-9(16)14-11(2,3)6-10(13-8-15)7-12(14,4)5/h10H,6-7H2,1-5H3,(H,13,15). The molecular formula is C12H21N2O2. The van der Waals surface area contributed by atoms with Crippen LogP contribution in [0, 0.1) is 0 Å². The molecule has 0 atom stereocenters. The van der Waals surface area contributed by atoms with E-state index in [2.05, 4.69) is 5.32 Å². The SMILES string of the molecule is CC(=O)N1C(C)(C)CC(N[C]=O)CC1(C)C. The minimum atomic E-state index is -0.234. The molecule has 2 amide bonds. The molecule has 0 unspecified atom stereocenters. The first-order valence-electron chi connectivity index (χ1n) is 5.64. The number of hydrogen-bond acceptors (Lipinski definition) is 2. The predicted molar refractivity (Wildman–Crippen MR) is 62.5 cm³/mol. The van der Waals surface area contributed by atoms with Crippen molar-refractivity contribution in [2.45, 2.75) is 64.6 Å². The first-order valence-corrected chi connectivity index (χ1v) is 5.64. The van der Waals surface area contributed by atoms with Gasteiger partial charge in [0.15, 0.2) is 0 Å². The van der Waals surface area contributed by atoms with E-state index in [0.29, 0.717) is 0 Å². The van der Waals surface area contributed by atoms with E-state index in [1.54, 1.807) is 13.3 Å². The summed E-state index contributed by atoms with van der Waals surface area (Å²) >= 11 is 0. The van der Waals surface area contributed by atoms with Crippen LogP contribution >= 0.6 is 0 Å². The van der Waals surface area contributed by atoms with Gasteiger partial charge in [0.25, 0.3) is 0 Å². The van der Waals surface area contributed by atoms with Gasteiger partial charge in [-0.3, -0.25) is 9.59 Å². The Balaban J connectivity index is 2.98. The Kier molecular flexibility index (Phi) is 3.31. The first-order chi connectivity index (χ1) is 7.20. The van der Waals surface area contributed by atoms with Crippen LogP contribution in [0.4, 0.5) is 0 Å². The van der Waals surface area contributed by atoms with Crippen molar-refractivity contribution in [3.05, 3.63) is 0 Å². The van der Waals surface area contributed by atoms with E-state index in [4.69, 9.17) is 0 Å². The van der Waals surface area contributed by atoms with Crippen molar-refractivity contribution in [3.8, 4) is 0 Å². The van der Waals surface area contributed by atoms with Crippen LogP contribution in [0.2, 0.25) is 0 Å². The molecule has 1 heterocycles. The highest BCUT2D eigenvalue weighted by Crippen LogP contribution is 2.38. The van der Waals surface area contributed by atoms with Crippen LogP contribution in [-0.2, 0) is 9.59 Å². The summed E-state index contributed by atoms with van der Waals surface area (Å²) in [6, 6.07) is 0.0955. The van der Waals surface area contributed by atoms with Gasteiger partial charge in [-0.25, -0.2) is 0 Å². The molecule has 0 aromatic rings. The molecule has 0 aromatic carbocycles. The monoisotopic (exact) mass is 225 g/mol. The number of amides is 2. The molecule has 16 heavy (non-hydrogen) atoms. The van der Waals surface area contributed by atoms with Crippen LogP contribution in [0.25, 0.3) is 0 Å². The van der Waals surface area contributed by atoms with Crippen LogP contribution in [-0.4, -0.2) is 34.3 Å². The van der Waals surface area contributed by atoms with Gasteiger partial charge in [-0.2, -0.15) is 0 Å². The lowest BCUT2D eigenvalue weighted by molar-refractivity contribution is -0.147. The third kappa shape index (κ3) is 2.36. The average Bonchev–Trinajstić information content (AvgIpc) is 1.96. The summed E-state index contributed by atoms with van der Waals surface area (Å²) in [6.07, 6.45) is 3.29. The minimum absolute atomic E-state index is 0.0866. The fraction of sp³-hybridized carbons (Fsp3) is 0.833. The van der Waals surface area contributed by atoms with Gasteiger partial charge in [-0.1, -0.05) is 0 Å². The highest BCUT2D eigenvalue weighted by Gasteiger charge is 2.46. The van der Waals surface area contributed by atoms with Crippen LogP contribution < -0.4 is 5.32 Å². The predicted octanol–water partition coefficient (Wildman–Crippen LogP) is 1.21. The Morgan fingerprint density at radius 1 is 1.25 bits per heavy atom. The van der Waals surface area contributed by atoms with Gasteiger partial charge in [0.05, 0.1) is 0 Å². The summed E-state index contributed by atoms with van der Waals surface area (Å²) in [5, 5.41) is 2.71. The number of piperidine rings is 1. The zero-order valence-electron chi connectivity index (χ0n) is 10.8. The smallest absolute Gasteiger partial charge is 0.309 e. The fourth-order valence-electron chi connectivity index (χ4n) is 3.32. The third-order valence-electron chi connectivity index (χ3n) is 3.28. The zero-order valence-corrected chi connectivity index (χ0v) is 10.8. The molecule has 1 fully saturated rings. The number of hydrogen-bond donors (Lipinski definition) is 1. The topological polar surface area (TPSA) is 49.4 Å². The molecule has 91 valence electrons. The molecule has 4 heteroatoms. The highest BCUT2D eigenvalue weighted by molar-refractivity contribution is 5.75. The van der Waals surface area contributed by atoms with Crippen molar-refractivity contribution >= 4 is 12.3 Å². The van der Waals surface area contributed by atoms with Gasteiger partial charge < -0.3 is 10.2 Å². The van der Waals surface area contributed by atoms with E-state index in [0.717, 1.165) is 12.8 Å². The number of nitrogens with one attached hydrogen (secondary N) is 1. The summed E-state index contributed by atoms with van der Waals surface area (Å²) < 4.78 is 0. The molecule has 1 N–H and O–H groups in total. The van der Waals surface area contributed by atoms with Gasteiger partial charge in [0.1, 0.15) is 0 Å². The van der Waals surface area contributed by atoms with Crippen LogP contribution in [0.3, 0.4) is 0 Å². The van der Waals surface area contributed by atoms with Crippen molar-refractivity contribution in [2.24, 2.45) is 0 Å². The number of likely N-dealkylation sites (tertiary alicyclic amines) is 1. The average molecular weight is 225 g/mol. The van der Waals surface area contributed by atoms with Crippen molar-refractivity contribution in [1.82, 2.24) is 10.2 Å². The quantitative estimate of drug-likeness (QED) is 0.718. The van der Waals surface area contributed by atoms with Gasteiger partial charge >= 0.3 is 6.41 Å². The lowest BCUT2D eigenvalue weighted by atomic mass is 9.77. The lowest BCUT2D eigenvalue weighted by Gasteiger charge is -2.54. The Bertz CT molecular complexity index is 279. The molecule has 0 saturated carbocycles. The Morgan fingerprint density at radius 2 is 1.69 bits per heavy atom. The largest absolute Gasteiger partial charge is 0.345 e. The van der Waals surface area contributed by atoms with Gasteiger partial charge in [0.2, 0.25) is 5.91 Å². The Hall–Kier alpha value is -1.06. The Labute approximate surface area is 97.4 Å². The third-order valence-corrected chi connectivity index (χ3v) is 3.28. The molecule has 0 bridgehead atoms. The van der Waals surface area contributed by atoms with E-state index in [-0.39, 0.29) is 23.0 Å². The summed E-state index contributed by atoms with van der Waals surface area (Å²) in [4.78, 5) is 24.0. The second kappa shape index (κ2) is 4.07. The van der Waals surface area contributed by atoms with Gasteiger partial charge in [-0.15, -0.1) is 0 Å². The van der Waals surface area contributed by atoms with Gasteiger partial charge in [0, 0.05) is 24.0 Å². The molecule has 1 aliphatic heterocycles. The Morgan fingerprint density at radius 3 is 2.00 bits per heavy atom. The number of carbonyl (C=O) groups is 1. The van der Waals surface area contributed by atoms with Crippen LogP contribution in [0.15, 0.2) is 0 Å². The molecule has 0 aromatic heterocycles. The van der Waals surface area contributed by atoms with E-state index in [9.17, 15) is 9.59 Å². The second-order valence-corrected chi connectivity index (χ2v) is 5.83. The molecule has 1 rings (SSSR count). The minimum Gasteiger partial charge on any atom is -0.345 e. The summed E-state index contributed by atoms with van der Waals surface area (Å²) in [5.41, 5.74) is -0.468. The van der Waals surface area contributed by atoms with Crippen molar-refractivity contribution < 1.29 is 9.59 Å². The maximum absolute atomic E-state index is 11.7. The second-order valence-electron chi connectivity index (χ2n) is 5.83. The van der Waals surface area contributed by atoms with Crippen LogP contribution in [0.5, 0.6) is 0 Å². The van der Waals surface area contributed by atoms with Crippen molar-refractivity contribution in [3.63, 3.8) is 0 Å². The van der Waals surface area contributed by atoms with E-state index < -0.39 is 0 Å². The molecule has 4 nitrogen and oxygen atoms in total. The fourth-order valence-corrected chi connectivity index (χ4v) is 3.32. The van der Waals surface area contributed by atoms with E-state index in [1.807, 2.05) is 32.6 Å². The highest BCUT2D eigenvalue weighted by atomic mass is 16.2. The molecule has 0 spiro atoms. The number of nitrogens with zero attached hydrogens (tertiary/aromatic N) is 1. The van der Waals surface area contributed by atoms with Crippen LogP contribution in [0.1, 0.15) is 47.5 Å². The summed E-state index contributed by atoms with van der Waals surface area (Å²) in [7, 11) is 0. The summed E-state index contributed by atoms with van der Waals surface area (Å²) in [6.45, 7) is 9.75. The van der Waals surface area contributed by atoms with Crippen molar-refractivity contribution in [1.29, 1.82) is 0 Å². The maximum atomic E-state index is 11.7. The molecular weight excluding hydrogens is 204 g/mol. The molecule has 1 saturated heterocycles. The summed E-state index contributed by atoms with van der Waals surface area (Å²) in [5.74, 6) is 0.0866. The number of rotatable bonds is 2. The lowest BCUT2D eigenvalue weighted by Crippen LogP contribution is -2.65. The first kappa shape index (κ1) is 13.0. The maximum Gasteiger partial charge on any atom is 0.309 e. The van der Waals surface area contributed by atoms with E-state index in [1.165, 1.54) is 0 Å². The zero-order chi connectivity index (χ0) is 12.6. The number of carbonyl (C=O) groups excluding carboxylic acids is 2. The van der Waals surface area contributed by atoms with E-state index >= 15 is 0 Å². The van der Waals surface area contributed by atoms with Gasteiger partial charge in [-0.05, 0) is 40.5 Å².